The molecule has 4 heteroatoms. The fourth-order valence-electron chi connectivity index (χ4n) is 2.42. The number of nitrogens with zero attached hydrogens (tertiary/aromatic N) is 2. The Morgan fingerprint density at radius 3 is 2.73 bits per heavy atom. The average Bonchev–Trinajstić information content (AvgIpc) is 2.81. The van der Waals surface area contributed by atoms with Gasteiger partial charge in [-0.1, -0.05) is 12.8 Å². The van der Waals surface area contributed by atoms with Crippen molar-refractivity contribution >= 4 is 15.9 Å². The van der Waals surface area contributed by atoms with E-state index in [2.05, 4.69) is 37.8 Å². The van der Waals surface area contributed by atoms with Crippen LogP contribution in [0.4, 0.5) is 0 Å². The molecule has 84 valence electrons. The predicted molar refractivity (Wildman–Crippen MR) is 64.9 cm³/mol. The summed E-state index contributed by atoms with van der Waals surface area (Å²) >= 11 is 3.54. The van der Waals surface area contributed by atoms with E-state index >= 15 is 0 Å². The number of nitrogens with one attached hydrogen (secondary N) is 1. The summed E-state index contributed by atoms with van der Waals surface area (Å²) in [5.41, 5.74) is 1.25. The van der Waals surface area contributed by atoms with Crippen LogP contribution >= 0.6 is 15.9 Å². The Labute approximate surface area is 99.4 Å². The van der Waals surface area contributed by atoms with E-state index < -0.39 is 0 Å². The lowest BCUT2D eigenvalue weighted by Gasteiger charge is -2.10. The first-order chi connectivity index (χ1) is 7.24. The quantitative estimate of drug-likeness (QED) is 0.916. The molecule has 3 nitrogen and oxygen atoms in total. The number of hydrogen-bond acceptors (Lipinski definition) is 2. The van der Waals surface area contributed by atoms with Gasteiger partial charge in [-0.05, 0) is 35.8 Å². The molecule has 0 bridgehead atoms. The molecule has 1 aromatic heterocycles. The molecule has 1 fully saturated rings. The summed E-state index contributed by atoms with van der Waals surface area (Å²) < 4.78 is 3.25. The lowest BCUT2D eigenvalue weighted by molar-refractivity contribution is 0.614. The molecule has 1 aliphatic rings. The Morgan fingerprint density at radius 2 is 2.13 bits per heavy atom. The van der Waals surface area contributed by atoms with Gasteiger partial charge in [0.25, 0.3) is 0 Å². The Morgan fingerprint density at radius 1 is 1.47 bits per heavy atom. The van der Waals surface area contributed by atoms with Crippen LogP contribution in [0.5, 0.6) is 0 Å². The standard InChI is InChI=1S/C11H18BrN3/c1-13-7-9-10(12)14-11(15(9)2)8-5-3-4-6-8/h8,13H,3-7H2,1-2H3. The van der Waals surface area contributed by atoms with Crippen molar-refractivity contribution in [1.29, 1.82) is 0 Å². The van der Waals surface area contributed by atoms with Gasteiger partial charge in [0.05, 0.1) is 5.69 Å². The highest BCUT2D eigenvalue weighted by Gasteiger charge is 2.23. The zero-order valence-electron chi connectivity index (χ0n) is 9.39. The molecule has 1 heterocycles. The Bertz CT molecular complexity index is 340. The van der Waals surface area contributed by atoms with E-state index in [4.69, 9.17) is 0 Å². The Balaban J connectivity index is 2.27. The minimum Gasteiger partial charge on any atom is -0.333 e. The monoisotopic (exact) mass is 271 g/mol. The summed E-state index contributed by atoms with van der Waals surface area (Å²) in [5, 5.41) is 3.18. The number of halogens is 1. The fraction of sp³-hybridized carbons (Fsp3) is 0.727. The predicted octanol–water partition coefficient (Wildman–Crippen LogP) is 2.56. The number of imidazole rings is 1. The zero-order chi connectivity index (χ0) is 10.8. The van der Waals surface area contributed by atoms with Crippen molar-refractivity contribution in [3.8, 4) is 0 Å². The van der Waals surface area contributed by atoms with Gasteiger partial charge in [0.2, 0.25) is 0 Å². The van der Waals surface area contributed by atoms with Crippen molar-refractivity contribution in [2.24, 2.45) is 7.05 Å². The zero-order valence-corrected chi connectivity index (χ0v) is 11.0. The second-order valence-electron chi connectivity index (χ2n) is 4.28. The molecule has 0 unspecified atom stereocenters. The highest BCUT2D eigenvalue weighted by molar-refractivity contribution is 9.10. The molecule has 1 aliphatic carbocycles. The Kier molecular flexibility index (Phi) is 3.46. The van der Waals surface area contributed by atoms with Crippen molar-refractivity contribution in [3.63, 3.8) is 0 Å². The lowest BCUT2D eigenvalue weighted by atomic mass is 10.1. The first-order valence-electron chi connectivity index (χ1n) is 5.59. The smallest absolute Gasteiger partial charge is 0.128 e. The van der Waals surface area contributed by atoms with Gasteiger partial charge in [-0.2, -0.15) is 0 Å². The molecule has 0 amide bonds. The number of rotatable bonds is 3. The fourth-order valence-corrected chi connectivity index (χ4v) is 3.01. The maximum absolute atomic E-state index is 4.65. The molecule has 2 rings (SSSR count). The van der Waals surface area contributed by atoms with Crippen LogP contribution in [0.2, 0.25) is 0 Å². The van der Waals surface area contributed by atoms with Crippen LogP contribution in [-0.2, 0) is 13.6 Å². The highest BCUT2D eigenvalue weighted by atomic mass is 79.9. The molecule has 0 spiro atoms. The third-order valence-electron chi connectivity index (χ3n) is 3.26. The molecule has 0 radical (unpaired) electrons. The van der Waals surface area contributed by atoms with Gasteiger partial charge in [-0.15, -0.1) is 0 Å². The first kappa shape index (κ1) is 11.1. The second kappa shape index (κ2) is 4.66. The topological polar surface area (TPSA) is 29.9 Å². The maximum atomic E-state index is 4.65. The molecule has 1 aromatic rings. The molecule has 1 N–H and O–H groups in total. The minimum atomic E-state index is 0.678. The van der Waals surface area contributed by atoms with Crippen LogP contribution in [0.15, 0.2) is 4.60 Å². The van der Waals surface area contributed by atoms with Gasteiger partial charge in [0.1, 0.15) is 10.4 Å². The third kappa shape index (κ3) is 2.11. The van der Waals surface area contributed by atoms with Crippen molar-refractivity contribution in [1.82, 2.24) is 14.9 Å². The summed E-state index contributed by atoms with van der Waals surface area (Å²) in [5.74, 6) is 1.93. The summed E-state index contributed by atoms with van der Waals surface area (Å²) in [6, 6.07) is 0. The molecule has 0 saturated heterocycles. The molecule has 0 aliphatic heterocycles. The minimum absolute atomic E-state index is 0.678. The average molecular weight is 272 g/mol. The van der Waals surface area contributed by atoms with Gasteiger partial charge >= 0.3 is 0 Å². The van der Waals surface area contributed by atoms with E-state index in [9.17, 15) is 0 Å². The van der Waals surface area contributed by atoms with Crippen LogP contribution in [0.3, 0.4) is 0 Å². The molecule has 0 atom stereocenters. The van der Waals surface area contributed by atoms with Crippen molar-refractivity contribution < 1.29 is 0 Å². The van der Waals surface area contributed by atoms with E-state index in [1.54, 1.807) is 0 Å². The van der Waals surface area contributed by atoms with Gasteiger partial charge in [-0.25, -0.2) is 4.98 Å². The van der Waals surface area contributed by atoms with Gasteiger partial charge < -0.3 is 9.88 Å². The second-order valence-corrected chi connectivity index (χ2v) is 5.03. The van der Waals surface area contributed by atoms with Crippen molar-refractivity contribution in [2.45, 2.75) is 38.1 Å². The maximum Gasteiger partial charge on any atom is 0.128 e. The van der Waals surface area contributed by atoms with Crippen LogP contribution in [0.1, 0.15) is 43.1 Å². The van der Waals surface area contributed by atoms with Crippen LogP contribution in [-0.4, -0.2) is 16.6 Å². The highest BCUT2D eigenvalue weighted by Crippen LogP contribution is 2.34. The van der Waals surface area contributed by atoms with Crippen LogP contribution < -0.4 is 5.32 Å². The molecule has 1 saturated carbocycles. The van der Waals surface area contributed by atoms with E-state index in [-0.39, 0.29) is 0 Å². The van der Waals surface area contributed by atoms with Crippen LogP contribution in [0, 0.1) is 0 Å². The molecule has 15 heavy (non-hydrogen) atoms. The van der Waals surface area contributed by atoms with Gasteiger partial charge in [0, 0.05) is 19.5 Å². The normalized spacial score (nSPS) is 17.5. The summed E-state index contributed by atoms with van der Waals surface area (Å²) in [4.78, 5) is 4.65. The first-order valence-corrected chi connectivity index (χ1v) is 6.39. The SMILES string of the molecule is CNCc1c(Br)nc(C2CCCC2)n1C. The van der Waals surface area contributed by atoms with E-state index in [1.165, 1.54) is 37.2 Å². The number of hydrogen-bond donors (Lipinski definition) is 1. The summed E-state index contributed by atoms with van der Waals surface area (Å²) in [6.07, 6.45) is 5.32. The van der Waals surface area contributed by atoms with Gasteiger partial charge in [-0.3, -0.25) is 0 Å². The summed E-state index contributed by atoms with van der Waals surface area (Å²) in [6.45, 7) is 0.872. The molecular formula is C11H18BrN3. The van der Waals surface area contributed by atoms with E-state index in [0.29, 0.717) is 5.92 Å². The Hall–Kier alpha value is -0.350. The summed E-state index contributed by atoms with van der Waals surface area (Å²) in [7, 11) is 4.09. The van der Waals surface area contributed by atoms with Gasteiger partial charge in [0.15, 0.2) is 0 Å². The largest absolute Gasteiger partial charge is 0.333 e. The number of aromatic nitrogens is 2. The van der Waals surface area contributed by atoms with Crippen LogP contribution in [0.25, 0.3) is 0 Å². The van der Waals surface area contributed by atoms with E-state index in [0.717, 1.165) is 11.1 Å². The lowest BCUT2D eigenvalue weighted by Crippen LogP contribution is -2.11. The third-order valence-corrected chi connectivity index (χ3v) is 3.90. The van der Waals surface area contributed by atoms with E-state index in [1.807, 2.05) is 7.05 Å². The molecular weight excluding hydrogens is 254 g/mol. The van der Waals surface area contributed by atoms with Crippen molar-refractivity contribution in [2.75, 3.05) is 7.05 Å². The molecule has 0 aromatic carbocycles. The van der Waals surface area contributed by atoms with Crippen molar-refractivity contribution in [3.05, 3.63) is 16.1 Å².